The zero-order valence-corrected chi connectivity index (χ0v) is 8.98. The summed E-state index contributed by atoms with van der Waals surface area (Å²) >= 11 is 0. The molecule has 0 saturated heterocycles. The number of carboxylic acid groups (broad SMARTS) is 1. The summed E-state index contributed by atoms with van der Waals surface area (Å²) in [5, 5.41) is 8.58. The zero-order valence-electron chi connectivity index (χ0n) is 8.98. The van der Waals surface area contributed by atoms with Crippen LogP contribution in [-0.2, 0) is 9.59 Å². The molecule has 0 aromatic heterocycles. The van der Waals surface area contributed by atoms with Crippen molar-refractivity contribution >= 4 is 11.9 Å². The van der Waals surface area contributed by atoms with Crippen LogP contribution in [0.5, 0.6) is 0 Å². The van der Waals surface area contributed by atoms with E-state index >= 15 is 0 Å². The largest absolute Gasteiger partial charge is 0.480 e. The average molecular weight is 214 g/mol. The molecule has 0 aromatic carbocycles. The molecule has 1 unspecified atom stereocenters. The molecule has 0 bridgehead atoms. The molecular weight excluding hydrogens is 196 g/mol. The molecule has 0 aromatic rings. The Morgan fingerprint density at radius 3 is 2.47 bits per heavy atom. The van der Waals surface area contributed by atoms with E-state index in [1.807, 2.05) is 0 Å². The van der Waals surface area contributed by atoms with Crippen molar-refractivity contribution < 1.29 is 14.7 Å². The number of hydrogen-bond donors (Lipinski definition) is 2. The lowest BCUT2D eigenvalue weighted by Gasteiger charge is -2.24. The number of amides is 1. The van der Waals surface area contributed by atoms with E-state index in [9.17, 15) is 9.59 Å². The van der Waals surface area contributed by atoms with E-state index < -0.39 is 12.0 Å². The summed E-state index contributed by atoms with van der Waals surface area (Å²) in [6, 6.07) is -0.806. The molecule has 15 heavy (non-hydrogen) atoms. The molecule has 0 spiro atoms. The van der Waals surface area contributed by atoms with Crippen LogP contribution in [0.2, 0.25) is 0 Å². The molecule has 86 valence electrons. The molecule has 0 heterocycles. The Balaban J connectivity index is 2.41. The molecular formula is C10H18N2O3. The van der Waals surface area contributed by atoms with Crippen molar-refractivity contribution in [1.82, 2.24) is 4.90 Å². The van der Waals surface area contributed by atoms with Crippen LogP contribution in [-0.4, -0.2) is 41.0 Å². The van der Waals surface area contributed by atoms with E-state index in [0.29, 0.717) is 0 Å². The Morgan fingerprint density at radius 1 is 1.47 bits per heavy atom. The molecule has 1 amide bonds. The van der Waals surface area contributed by atoms with E-state index in [0.717, 1.165) is 25.7 Å². The third-order valence-electron chi connectivity index (χ3n) is 2.98. The van der Waals surface area contributed by atoms with E-state index in [1.165, 1.54) is 0 Å². The predicted molar refractivity (Wildman–Crippen MR) is 55.3 cm³/mol. The van der Waals surface area contributed by atoms with Crippen molar-refractivity contribution in [2.75, 3.05) is 7.05 Å². The quantitative estimate of drug-likeness (QED) is 0.699. The molecule has 1 atom stereocenters. The van der Waals surface area contributed by atoms with Gasteiger partial charge in [0.15, 0.2) is 0 Å². The van der Waals surface area contributed by atoms with Gasteiger partial charge in [-0.3, -0.25) is 9.59 Å². The topological polar surface area (TPSA) is 83.6 Å². The number of nitrogens with two attached hydrogens (primary N) is 1. The van der Waals surface area contributed by atoms with Crippen LogP contribution in [0.25, 0.3) is 0 Å². The highest BCUT2D eigenvalue weighted by Crippen LogP contribution is 2.22. The Kier molecular flexibility index (Phi) is 4.08. The van der Waals surface area contributed by atoms with Gasteiger partial charge in [-0.2, -0.15) is 0 Å². The summed E-state index contributed by atoms with van der Waals surface area (Å²) in [5.41, 5.74) is 5.31. The van der Waals surface area contributed by atoms with Crippen molar-refractivity contribution in [3.63, 3.8) is 0 Å². The number of carbonyl (C=O) groups excluding carboxylic acids is 1. The predicted octanol–water partition coefficient (Wildman–Crippen LogP) is 0.189. The zero-order chi connectivity index (χ0) is 11.4. The minimum Gasteiger partial charge on any atom is -0.480 e. The molecule has 0 radical (unpaired) electrons. The summed E-state index contributed by atoms with van der Waals surface area (Å²) in [6.45, 7) is 0. The van der Waals surface area contributed by atoms with Gasteiger partial charge < -0.3 is 15.7 Å². The average Bonchev–Trinajstić information content (AvgIpc) is 2.68. The van der Waals surface area contributed by atoms with Crippen molar-refractivity contribution in [2.45, 2.75) is 44.2 Å². The molecule has 1 aliphatic rings. The van der Waals surface area contributed by atoms with Gasteiger partial charge in [0, 0.05) is 13.1 Å². The van der Waals surface area contributed by atoms with Crippen LogP contribution in [0.1, 0.15) is 32.1 Å². The number of rotatable bonds is 4. The first kappa shape index (κ1) is 12.0. The minimum absolute atomic E-state index is 0.109. The molecule has 5 nitrogen and oxygen atoms in total. The fourth-order valence-electron chi connectivity index (χ4n) is 1.91. The molecule has 3 N–H and O–H groups in total. The molecule has 1 rings (SSSR count). The van der Waals surface area contributed by atoms with Crippen LogP contribution in [0.3, 0.4) is 0 Å². The lowest BCUT2D eigenvalue weighted by molar-refractivity contribution is -0.142. The van der Waals surface area contributed by atoms with Gasteiger partial charge in [-0.15, -0.1) is 0 Å². The lowest BCUT2D eigenvalue weighted by atomic mass is 10.1. The van der Waals surface area contributed by atoms with E-state index in [-0.39, 0.29) is 18.4 Å². The maximum atomic E-state index is 11.6. The summed E-state index contributed by atoms with van der Waals surface area (Å²) in [5.74, 6) is -1.29. The lowest BCUT2D eigenvalue weighted by Crippen LogP contribution is -2.41. The molecule has 0 aliphatic heterocycles. The van der Waals surface area contributed by atoms with Gasteiger partial charge in [-0.05, 0) is 12.8 Å². The SMILES string of the molecule is CN(C(=O)CC(N)C(=O)O)C1CCCC1. The Hall–Kier alpha value is -1.10. The molecule has 5 heteroatoms. The van der Waals surface area contributed by atoms with Crippen LogP contribution in [0.15, 0.2) is 0 Å². The van der Waals surface area contributed by atoms with Gasteiger partial charge in [0.05, 0.1) is 6.42 Å². The molecule has 1 fully saturated rings. The number of aliphatic carboxylic acids is 1. The van der Waals surface area contributed by atoms with Crippen LogP contribution >= 0.6 is 0 Å². The summed E-state index contributed by atoms with van der Waals surface area (Å²) in [4.78, 5) is 23.8. The highest BCUT2D eigenvalue weighted by Gasteiger charge is 2.25. The minimum atomic E-state index is -1.12. The van der Waals surface area contributed by atoms with Gasteiger partial charge in [-0.1, -0.05) is 12.8 Å². The van der Waals surface area contributed by atoms with Gasteiger partial charge in [-0.25, -0.2) is 0 Å². The second-order valence-corrected chi connectivity index (χ2v) is 4.09. The fourth-order valence-corrected chi connectivity index (χ4v) is 1.91. The van der Waals surface area contributed by atoms with Crippen molar-refractivity contribution in [3.05, 3.63) is 0 Å². The number of carboxylic acids is 1. The Morgan fingerprint density at radius 2 is 2.00 bits per heavy atom. The maximum Gasteiger partial charge on any atom is 0.321 e. The Bertz CT molecular complexity index is 249. The van der Waals surface area contributed by atoms with Crippen LogP contribution in [0, 0.1) is 0 Å². The smallest absolute Gasteiger partial charge is 0.321 e. The fraction of sp³-hybridized carbons (Fsp3) is 0.800. The van der Waals surface area contributed by atoms with Crippen molar-refractivity contribution in [3.8, 4) is 0 Å². The van der Waals surface area contributed by atoms with Gasteiger partial charge in [0.2, 0.25) is 5.91 Å². The first-order chi connectivity index (χ1) is 7.02. The second-order valence-electron chi connectivity index (χ2n) is 4.09. The molecule has 1 saturated carbocycles. The van der Waals surface area contributed by atoms with Gasteiger partial charge in [0.1, 0.15) is 6.04 Å². The number of carbonyl (C=O) groups is 2. The number of nitrogens with zero attached hydrogens (tertiary/aromatic N) is 1. The summed E-state index contributed by atoms with van der Waals surface area (Å²) in [6.07, 6.45) is 4.22. The monoisotopic (exact) mass is 214 g/mol. The van der Waals surface area contributed by atoms with Crippen molar-refractivity contribution in [1.29, 1.82) is 0 Å². The first-order valence-corrected chi connectivity index (χ1v) is 5.26. The van der Waals surface area contributed by atoms with E-state index in [4.69, 9.17) is 10.8 Å². The number of hydrogen-bond acceptors (Lipinski definition) is 3. The third-order valence-corrected chi connectivity index (χ3v) is 2.98. The van der Waals surface area contributed by atoms with E-state index in [1.54, 1.807) is 11.9 Å². The summed E-state index contributed by atoms with van der Waals surface area (Å²) in [7, 11) is 1.73. The molecule has 1 aliphatic carbocycles. The highest BCUT2D eigenvalue weighted by molar-refractivity contribution is 5.84. The normalized spacial score (nSPS) is 18.8. The maximum absolute atomic E-state index is 11.6. The van der Waals surface area contributed by atoms with E-state index in [2.05, 4.69) is 0 Å². The van der Waals surface area contributed by atoms with Crippen LogP contribution in [0.4, 0.5) is 0 Å². The first-order valence-electron chi connectivity index (χ1n) is 5.26. The van der Waals surface area contributed by atoms with Crippen molar-refractivity contribution in [2.24, 2.45) is 5.73 Å². The summed E-state index contributed by atoms with van der Waals surface area (Å²) < 4.78 is 0. The Labute approximate surface area is 89.2 Å². The van der Waals surface area contributed by atoms with Gasteiger partial charge >= 0.3 is 5.97 Å². The standard InChI is InChI=1S/C10H18N2O3/c1-12(7-4-2-3-5-7)9(13)6-8(11)10(14)15/h7-8H,2-6,11H2,1H3,(H,14,15). The third kappa shape index (κ3) is 3.20. The second kappa shape index (κ2) is 5.11. The van der Waals surface area contributed by atoms with Gasteiger partial charge in [0.25, 0.3) is 0 Å². The van der Waals surface area contributed by atoms with Crippen LogP contribution < -0.4 is 5.73 Å². The highest BCUT2D eigenvalue weighted by atomic mass is 16.4.